The number of hydrogen-bond donors (Lipinski definition) is 2. The molecule has 0 aliphatic carbocycles. The summed E-state index contributed by atoms with van der Waals surface area (Å²) in [5.41, 5.74) is 2.18. The van der Waals surface area contributed by atoms with Crippen molar-refractivity contribution in [3.05, 3.63) is 0 Å². The zero-order chi connectivity index (χ0) is 13.7. The van der Waals surface area contributed by atoms with E-state index in [1.54, 1.807) is 0 Å². The summed E-state index contributed by atoms with van der Waals surface area (Å²) in [6, 6.07) is 1.49. The van der Waals surface area contributed by atoms with Gasteiger partial charge in [0, 0.05) is 31.6 Å². The van der Waals surface area contributed by atoms with E-state index in [4.69, 9.17) is 5.84 Å². The van der Waals surface area contributed by atoms with Crippen molar-refractivity contribution in [1.82, 2.24) is 15.2 Å². The van der Waals surface area contributed by atoms with Crippen LogP contribution in [0.15, 0.2) is 0 Å². The number of carbonyl (C=O) groups excluding carboxylic acids is 1. The van der Waals surface area contributed by atoms with Gasteiger partial charge in [-0.15, -0.1) is 0 Å². The van der Waals surface area contributed by atoms with Gasteiger partial charge in [0.05, 0.1) is 0 Å². The lowest BCUT2D eigenvalue weighted by Crippen LogP contribution is -2.54. The summed E-state index contributed by atoms with van der Waals surface area (Å²) in [5, 5.41) is 0. The highest BCUT2D eigenvalue weighted by Gasteiger charge is 2.33. The largest absolute Gasteiger partial charge is 0.298 e. The maximum atomic E-state index is 11.0. The third-order valence-electron chi connectivity index (χ3n) is 4.58. The second-order valence-corrected chi connectivity index (χ2v) is 6.01. The normalized spacial score (nSPS) is 28.3. The number of nitrogens with one attached hydrogen (secondary N) is 1. The van der Waals surface area contributed by atoms with Crippen molar-refractivity contribution in [2.75, 3.05) is 26.2 Å². The molecule has 2 unspecified atom stereocenters. The standard InChI is InChI=1S/C14H28N4O/c1-12-10-18-9-5-6-13(18)11-17(12)8-4-2-3-7-14(19)16-15/h12-13H,2-11,15H2,1H3,(H,16,19). The van der Waals surface area contributed by atoms with Crippen LogP contribution >= 0.6 is 0 Å². The van der Waals surface area contributed by atoms with Crippen LogP contribution in [0.5, 0.6) is 0 Å². The van der Waals surface area contributed by atoms with Gasteiger partial charge in [-0.3, -0.25) is 20.0 Å². The van der Waals surface area contributed by atoms with E-state index in [9.17, 15) is 4.79 Å². The molecular weight excluding hydrogens is 240 g/mol. The van der Waals surface area contributed by atoms with E-state index < -0.39 is 0 Å². The molecule has 0 bridgehead atoms. The van der Waals surface area contributed by atoms with Crippen LogP contribution in [0.4, 0.5) is 0 Å². The Labute approximate surface area is 116 Å². The molecule has 0 aromatic rings. The molecule has 0 saturated carbocycles. The molecule has 2 aliphatic heterocycles. The highest BCUT2D eigenvalue weighted by atomic mass is 16.2. The Morgan fingerprint density at radius 1 is 1.32 bits per heavy atom. The van der Waals surface area contributed by atoms with Crippen LogP contribution in [0.3, 0.4) is 0 Å². The van der Waals surface area contributed by atoms with Crippen LogP contribution in [-0.2, 0) is 4.79 Å². The van der Waals surface area contributed by atoms with Crippen LogP contribution in [0.25, 0.3) is 0 Å². The molecule has 0 aromatic carbocycles. The molecule has 5 heteroatoms. The van der Waals surface area contributed by atoms with E-state index in [0.717, 1.165) is 18.9 Å². The van der Waals surface area contributed by atoms with Gasteiger partial charge in [0.1, 0.15) is 0 Å². The topological polar surface area (TPSA) is 61.6 Å². The monoisotopic (exact) mass is 268 g/mol. The van der Waals surface area contributed by atoms with Crippen molar-refractivity contribution in [3.8, 4) is 0 Å². The number of carbonyl (C=O) groups is 1. The summed E-state index contributed by atoms with van der Waals surface area (Å²) in [6.45, 7) is 7.30. The number of hydrazine groups is 1. The molecule has 0 radical (unpaired) electrons. The zero-order valence-electron chi connectivity index (χ0n) is 12.1. The van der Waals surface area contributed by atoms with Gasteiger partial charge in [0.25, 0.3) is 0 Å². The molecule has 5 nitrogen and oxygen atoms in total. The fourth-order valence-corrected chi connectivity index (χ4v) is 3.41. The van der Waals surface area contributed by atoms with Gasteiger partial charge < -0.3 is 0 Å². The van der Waals surface area contributed by atoms with E-state index in [1.165, 1.54) is 45.4 Å². The first kappa shape index (κ1) is 14.8. The van der Waals surface area contributed by atoms with Gasteiger partial charge in [0.15, 0.2) is 0 Å². The second-order valence-electron chi connectivity index (χ2n) is 6.01. The van der Waals surface area contributed by atoms with Crippen LogP contribution in [-0.4, -0.2) is 54.0 Å². The minimum absolute atomic E-state index is 0.0482. The van der Waals surface area contributed by atoms with Crippen molar-refractivity contribution >= 4 is 5.91 Å². The van der Waals surface area contributed by atoms with Crippen molar-refractivity contribution in [2.24, 2.45) is 5.84 Å². The lowest BCUT2D eigenvalue weighted by atomic mass is 10.1. The summed E-state index contributed by atoms with van der Waals surface area (Å²) in [5.74, 6) is 5.01. The van der Waals surface area contributed by atoms with Crippen molar-refractivity contribution < 1.29 is 4.79 Å². The van der Waals surface area contributed by atoms with Crippen LogP contribution in [0.1, 0.15) is 45.4 Å². The summed E-state index contributed by atoms with van der Waals surface area (Å²) >= 11 is 0. The predicted octanol–water partition coefficient (Wildman–Crippen LogP) is 0.705. The average Bonchev–Trinajstić information content (AvgIpc) is 2.85. The Balaban J connectivity index is 1.61. The molecule has 0 spiro atoms. The zero-order valence-corrected chi connectivity index (χ0v) is 12.1. The molecule has 2 aliphatic rings. The molecule has 3 N–H and O–H groups in total. The maximum absolute atomic E-state index is 11.0. The number of rotatable bonds is 6. The molecule has 110 valence electrons. The second kappa shape index (κ2) is 7.22. The Bertz CT molecular complexity index is 297. The Morgan fingerprint density at radius 3 is 2.95 bits per heavy atom. The molecule has 2 atom stereocenters. The number of nitrogens with zero attached hydrogens (tertiary/aromatic N) is 2. The fraction of sp³-hybridized carbons (Fsp3) is 0.929. The molecule has 2 saturated heterocycles. The molecular formula is C14H28N4O. The summed E-state index contributed by atoms with van der Waals surface area (Å²) in [7, 11) is 0. The molecule has 0 aromatic heterocycles. The highest BCUT2D eigenvalue weighted by molar-refractivity contribution is 5.74. The first-order chi connectivity index (χ1) is 9.20. The summed E-state index contributed by atoms with van der Waals surface area (Å²) < 4.78 is 0. The number of nitrogens with two attached hydrogens (primary N) is 1. The van der Waals surface area contributed by atoms with E-state index >= 15 is 0 Å². The lowest BCUT2D eigenvalue weighted by Gasteiger charge is -2.42. The number of fused-ring (bicyclic) bond motifs is 1. The smallest absolute Gasteiger partial charge is 0.233 e. The minimum Gasteiger partial charge on any atom is -0.298 e. The first-order valence-corrected chi connectivity index (χ1v) is 7.68. The van der Waals surface area contributed by atoms with Gasteiger partial charge in [-0.2, -0.15) is 0 Å². The number of amides is 1. The molecule has 19 heavy (non-hydrogen) atoms. The van der Waals surface area contributed by atoms with Gasteiger partial charge in [-0.1, -0.05) is 6.42 Å². The van der Waals surface area contributed by atoms with Gasteiger partial charge in [0.2, 0.25) is 5.91 Å². The number of unbranched alkanes of at least 4 members (excludes halogenated alkanes) is 2. The van der Waals surface area contributed by atoms with E-state index in [2.05, 4.69) is 22.1 Å². The first-order valence-electron chi connectivity index (χ1n) is 7.68. The SMILES string of the molecule is CC1CN2CCCC2CN1CCCCCC(=O)NN. The Kier molecular flexibility index (Phi) is 5.60. The van der Waals surface area contributed by atoms with Crippen molar-refractivity contribution in [1.29, 1.82) is 0 Å². The maximum Gasteiger partial charge on any atom is 0.233 e. The van der Waals surface area contributed by atoms with E-state index in [-0.39, 0.29) is 5.91 Å². The molecule has 2 heterocycles. The molecule has 1 amide bonds. The van der Waals surface area contributed by atoms with Crippen LogP contribution in [0, 0.1) is 0 Å². The Hall–Kier alpha value is -0.650. The van der Waals surface area contributed by atoms with Crippen molar-refractivity contribution in [2.45, 2.75) is 57.5 Å². The molecule has 2 fully saturated rings. The predicted molar refractivity (Wildman–Crippen MR) is 76.4 cm³/mol. The van der Waals surface area contributed by atoms with E-state index in [1.807, 2.05) is 0 Å². The number of hydrogen-bond acceptors (Lipinski definition) is 4. The third-order valence-corrected chi connectivity index (χ3v) is 4.58. The van der Waals surface area contributed by atoms with Gasteiger partial charge in [-0.05, 0) is 45.7 Å². The third kappa shape index (κ3) is 4.16. The fourth-order valence-electron chi connectivity index (χ4n) is 3.41. The summed E-state index contributed by atoms with van der Waals surface area (Å²) in [4.78, 5) is 16.3. The number of piperazine rings is 1. The van der Waals surface area contributed by atoms with Crippen LogP contribution < -0.4 is 11.3 Å². The van der Waals surface area contributed by atoms with Crippen molar-refractivity contribution in [3.63, 3.8) is 0 Å². The quantitative estimate of drug-likeness (QED) is 0.322. The lowest BCUT2D eigenvalue weighted by molar-refractivity contribution is -0.121. The van der Waals surface area contributed by atoms with E-state index in [0.29, 0.717) is 12.5 Å². The minimum atomic E-state index is -0.0482. The average molecular weight is 268 g/mol. The van der Waals surface area contributed by atoms with Crippen LogP contribution in [0.2, 0.25) is 0 Å². The van der Waals surface area contributed by atoms with Gasteiger partial charge in [-0.25, -0.2) is 5.84 Å². The summed E-state index contributed by atoms with van der Waals surface area (Å²) in [6.07, 6.45) is 6.56. The highest BCUT2D eigenvalue weighted by Crippen LogP contribution is 2.24. The molecule has 2 rings (SSSR count). The van der Waals surface area contributed by atoms with Gasteiger partial charge >= 0.3 is 0 Å². The Morgan fingerprint density at radius 2 is 2.16 bits per heavy atom.